The minimum absolute atomic E-state index is 0.123. The first-order valence-corrected chi connectivity index (χ1v) is 8.54. The van der Waals surface area contributed by atoms with Gasteiger partial charge in [-0.3, -0.25) is 4.79 Å². The Morgan fingerprint density at radius 1 is 1.17 bits per heavy atom. The molecule has 0 unspecified atom stereocenters. The van der Waals surface area contributed by atoms with E-state index in [1.807, 2.05) is 18.2 Å². The monoisotopic (exact) mass is 343 g/mol. The number of anilines is 2. The van der Waals surface area contributed by atoms with Crippen molar-refractivity contribution < 1.29 is 4.74 Å². The zero-order valence-electron chi connectivity index (χ0n) is 13.2. The van der Waals surface area contributed by atoms with Crippen molar-refractivity contribution in [2.24, 2.45) is 0 Å². The van der Waals surface area contributed by atoms with Gasteiger partial charge in [-0.25, -0.2) is 9.97 Å². The summed E-state index contributed by atoms with van der Waals surface area (Å²) < 4.78 is 6.42. The minimum atomic E-state index is -0.123. The third-order valence-corrected chi connectivity index (χ3v) is 5.22. The van der Waals surface area contributed by atoms with Gasteiger partial charge in [0, 0.05) is 38.3 Å². The van der Waals surface area contributed by atoms with Crippen LogP contribution in [-0.4, -0.2) is 48.2 Å². The van der Waals surface area contributed by atoms with E-state index < -0.39 is 0 Å². The number of nitrogens with one attached hydrogen (secondary N) is 1. The highest BCUT2D eigenvalue weighted by atomic mass is 32.1. The van der Waals surface area contributed by atoms with E-state index in [-0.39, 0.29) is 5.56 Å². The van der Waals surface area contributed by atoms with Crippen LogP contribution < -0.4 is 20.1 Å². The maximum absolute atomic E-state index is 11.4. The molecule has 1 aliphatic heterocycles. The Labute approximate surface area is 142 Å². The predicted molar refractivity (Wildman–Crippen MR) is 95.5 cm³/mol. The highest BCUT2D eigenvalue weighted by Gasteiger charge is 2.21. The predicted octanol–water partition coefficient (Wildman–Crippen LogP) is 1.71. The number of H-pyrrole nitrogens is 1. The molecule has 0 bridgehead atoms. The molecule has 0 saturated carbocycles. The standard InChI is InChI=1S/C16H17N5O2S/c1-23-11-2-3-13-12(8-11)19-16(24-13)21-6-4-20(5-7-21)14-9-15(22)18-10-17-14/h2-3,8-10H,4-7H2,1H3,(H,17,18,22). The van der Waals surface area contributed by atoms with E-state index in [0.717, 1.165) is 53.1 Å². The van der Waals surface area contributed by atoms with Crippen molar-refractivity contribution in [2.45, 2.75) is 0 Å². The van der Waals surface area contributed by atoms with Gasteiger partial charge in [-0.1, -0.05) is 11.3 Å². The van der Waals surface area contributed by atoms with Gasteiger partial charge in [-0.15, -0.1) is 0 Å². The number of ether oxygens (including phenoxy) is 1. The first-order chi connectivity index (χ1) is 11.7. The van der Waals surface area contributed by atoms with Gasteiger partial charge in [0.15, 0.2) is 5.13 Å². The molecule has 0 amide bonds. The molecular formula is C16H17N5O2S. The van der Waals surface area contributed by atoms with E-state index >= 15 is 0 Å². The molecule has 0 spiro atoms. The van der Waals surface area contributed by atoms with Crippen LogP contribution >= 0.6 is 11.3 Å². The Bertz CT molecular complexity index is 914. The van der Waals surface area contributed by atoms with Crippen LogP contribution in [-0.2, 0) is 0 Å². The minimum Gasteiger partial charge on any atom is -0.497 e. The fourth-order valence-corrected chi connectivity index (χ4v) is 3.81. The van der Waals surface area contributed by atoms with Crippen molar-refractivity contribution in [3.8, 4) is 5.75 Å². The van der Waals surface area contributed by atoms with Crippen LogP contribution in [0.15, 0.2) is 35.4 Å². The number of aromatic nitrogens is 3. The number of rotatable bonds is 3. The summed E-state index contributed by atoms with van der Waals surface area (Å²) in [6.45, 7) is 3.34. The summed E-state index contributed by atoms with van der Waals surface area (Å²) in [7, 11) is 1.66. The van der Waals surface area contributed by atoms with Crippen LogP contribution in [0.3, 0.4) is 0 Å². The molecule has 1 N–H and O–H groups in total. The van der Waals surface area contributed by atoms with Gasteiger partial charge in [-0.2, -0.15) is 0 Å². The lowest BCUT2D eigenvalue weighted by molar-refractivity contribution is 0.415. The second kappa shape index (κ2) is 6.12. The fourth-order valence-electron chi connectivity index (χ4n) is 2.82. The van der Waals surface area contributed by atoms with E-state index in [2.05, 4.69) is 19.8 Å². The highest BCUT2D eigenvalue weighted by molar-refractivity contribution is 7.22. The average molecular weight is 343 g/mol. The Kier molecular flexibility index (Phi) is 3.81. The highest BCUT2D eigenvalue weighted by Crippen LogP contribution is 2.31. The number of aromatic amines is 1. The number of hydrogen-bond acceptors (Lipinski definition) is 7. The maximum Gasteiger partial charge on any atom is 0.252 e. The third-order valence-electron chi connectivity index (χ3n) is 4.12. The molecule has 1 aliphatic rings. The maximum atomic E-state index is 11.4. The Hall–Kier alpha value is -2.61. The van der Waals surface area contributed by atoms with Gasteiger partial charge in [0.05, 0.1) is 23.7 Å². The normalized spacial score (nSPS) is 15.0. The van der Waals surface area contributed by atoms with Crippen molar-refractivity contribution in [3.05, 3.63) is 40.9 Å². The summed E-state index contributed by atoms with van der Waals surface area (Å²) >= 11 is 1.69. The molecule has 8 heteroatoms. The summed E-state index contributed by atoms with van der Waals surface area (Å²) in [5.74, 6) is 1.55. The molecule has 4 rings (SSSR count). The lowest BCUT2D eigenvalue weighted by Gasteiger charge is -2.35. The number of nitrogens with zero attached hydrogens (tertiary/aromatic N) is 4. The van der Waals surface area contributed by atoms with Crippen molar-refractivity contribution in [1.82, 2.24) is 15.0 Å². The van der Waals surface area contributed by atoms with Crippen LogP contribution in [0.5, 0.6) is 5.75 Å². The van der Waals surface area contributed by atoms with Crippen molar-refractivity contribution in [1.29, 1.82) is 0 Å². The summed E-state index contributed by atoms with van der Waals surface area (Å²) in [5.41, 5.74) is 0.843. The zero-order valence-corrected chi connectivity index (χ0v) is 14.0. The largest absolute Gasteiger partial charge is 0.497 e. The molecule has 7 nitrogen and oxygen atoms in total. The number of benzene rings is 1. The smallest absolute Gasteiger partial charge is 0.252 e. The van der Waals surface area contributed by atoms with Gasteiger partial charge < -0.3 is 19.5 Å². The molecule has 0 atom stereocenters. The molecule has 3 aromatic rings. The van der Waals surface area contributed by atoms with Crippen molar-refractivity contribution >= 4 is 32.5 Å². The Balaban J connectivity index is 1.50. The quantitative estimate of drug-likeness (QED) is 0.780. The molecule has 3 heterocycles. The van der Waals surface area contributed by atoms with E-state index in [9.17, 15) is 4.79 Å². The van der Waals surface area contributed by atoms with Crippen LogP contribution in [0.1, 0.15) is 0 Å². The SMILES string of the molecule is COc1ccc2sc(N3CCN(c4cc(=O)[nH]cn4)CC3)nc2c1. The molecule has 24 heavy (non-hydrogen) atoms. The lowest BCUT2D eigenvalue weighted by Crippen LogP contribution is -2.47. The van der Waals surface area contributed by atoms with Crippen molar-refractivity contribution in [2.75, 3.05) is 43.1 Å². The number of fused-ring (bicyclic) bond motifs is 1. The molecule has 1 saturated heterocycles. The van der Waals surface area contributed by atoms with Crippen LogP contribution in [0.4, 0.5) is 10.9 Å². The van der Waals surface area contributed by atoms with Crippen molar-refractivity contribution in [3.63, 3.8) is 0 Å². The topological polar surface area (TPSA) is 74.3 Å². The average Bonchev–Trinajstić information content (AvgIpc) is 3.05. The fraction of sp³-hybridized carbons (Fsp3) is 0.312. The van der Waals surface area contributed by atoms with Gasteiger partial charge >= 0.3 is 0 Å². The first-order valence-electron chi connectivity index (χ1n) is 7.72. The molecule has 124 valence electrons. The molecular weight excluding hydrogens is 326 g/mol. The molecule has 2 aromatic heterocycles. The van der Waals surface area contributed by atoms with E-state index in [1.54, 1.807) is 24.5 Å². The van der Waals surface area contributed by atoms with Gasteiger partial charge in [0.2, 0.25) is 0 Å². The van der Waals surface area contributed by atoms with E-state index in [0.29, 0.717) is 0 Å². The van der Waals surface area contributed by atoms with E-state index in [1.165, 1.54) is 6.33 Å². The lowest BCUT2D eigenvalue weighted by atomic mass is 10.3. The van der Waals surface area contributed by atoms with Crippen LogP contribution in [0.2, 0.25) is 0 Å². The second-order valence-electron chi connectivity index (χ2n) is 5.57. The molecule has 0 radical (unpaired) electrons. The third kappa shape index (κ3) is 2.80. The summed E-state index contributed by atoms with van der Waals surface area (Å²) in [6.07, 6.45) is 1.45. The van der Waals surface area contributed by atoms with Crippen LogP contribution in [0, 0.1) is 0 Å². The summed E-state index contributed by atoms with van der Waals surface area (Å²) in [4.78, 5) is 27.3. The summed E-state index contributed by atoms with van der Waals surface area (Å²) in [6, 6.07) is 7.51. The molecule has 0 aliphatic carbocycles. The second-order valence-corrected chi connectivity index (χ2v) is 6.58. The van der Waals surface area contributed by atoms with Gasteiger partial charge in [0.1, 0.15) is 11.6 Å². The number of piperazine rings is 1. The Morgan fingerprint density at radius 3 is 2.71 bits per heavy atom. The number of methoxy groups -OCH3 is 1. The Morgan fingerprint density at radius 2 is 1.96 bits per heavy atom. The van der Waals surface area contributed by atoms with Gasteiger partial charge in [-0.05, 0) is 12.1 Å². The molecule has 1 aromatic carbocycles. The first kappa shape index (κ1) is 14.9. The summed E-state index contributed by atoms with van der Waals surface area (Å²) in [5, 5.41) is 1.02. The number of hydrogen-bond donors (Lipinski definition) is 1. The molecule has 1 fully saturated rings. The van der Waals surface area contributed by atoms with Gasteiger partial charge in [0.25, 0.3) is 5.56 Å². The zero-order chi connectivity index (χ0) is 16.5. The number of thiazole rings is 1. The van der Waals surface area contributed by atoms with E-state index in [4.69, 9.17) is 9.72 Å². The van der Waals surface area contributed by atoms with Crippen LogP contribution in [0.25, 0.3) is 10.2 Å².